The lowest BCUT2D eigenvalue weighted by Gasteiger charge is -1.99. The highest BCUT2D eigenvalue weighted by Crippen LogP contribution is 2.16. The molecule has 0 aromatic carbocycles. The molecule has 6 nitrogen and oxygen atoms in total. The number of carboxylic acids is 1. The Morgan fingerprint density at radius 3 is 2.50 bits per heavy atom. The molecule has 8 heteroatoms. The van der Waals surface area contributed by atoms with Crippen LogP contribution >= 0.6 is 23.2 Å². The lowest BCUT2D eigenvalue weighted by molar-refractivity contribution is -0.132. The Kier molecular flexibility index (Phi) is 3.92. The van der Waals surface area contributed by atoms with Crippen molar-refractivity contribution in [1.29, 1.82) is 0 Å². The maximum absolute atomic E-state index is 11.3. The molecule has 1 amide bonds. The van der Waals surface area contributed by atoms with Gasteiger partial charge in [0, 0.05) is 6.07 Å². The molecule has 0 saturated heterocycles. The molecule has 2 N–H and O–H groups in total. The van der Waals surface area contributed by atoms with Crippen molar-refractivity contribution >= 4 is 40.9 Å². The van der Waals surface area contributed by atoms with Crippen molar-refractivity contribution in [3.63, 3.8) is 0 Å². The Morgan fingerprint density at radius 1 is 1.44 bits per heavy atom. The number of aromatic nitrogens is 1. The van der Waals surface area contributed by atoms with Crippen LogP contribution in [0.3, 0.4) is 0 Å². The number of hydrogen-bond acceptors (Lipinski definition) is 4. The van der Waals surface area contributed by atoms with Crippen LogP contribution < -0.4 is 5.32 Å². The maximum Gasteiger partial charge on any atom is 0.349 e. The van der Waals surface area contributed by atoms with Crippen molar-refractivity contribution < 1.29 is 19.2 Å². The highest BCUT2D eigenvalue weighted by atomic mass is 35.5. The summed E-state index contributed by atoms with van der Waals surface area (Å²) in [4.78, 5) is 21.8. The van der Waals surface area contributed by atoms with E-state index in [0.29, 0.717) is 5.76 Å². The summed E-state index contributed by atoms with van der Waals surface area (Å²) in [5.74, 6) is -1.75. The third kappa shape index (κ3) is 2.98. The van der Waals surface area contributed by atoms with E-state index in [4.69, 9.17) is 28.3 Å². The average molecular weight is 265 g/mol. The van der Waals surface area contributed by atoms with E-state index in [-0.39, 0.29) is 5.82 Å². The molecule has 0 radical (unpaired) electrons. The monoisotopic (exact) mass is 264 g/mol. The minimum atomic E-state index is -1.49. The van der Waals surface area contributed by atoms with Gasteiger partial charge in [0.15, 0.2) is 5.82 Å². The number of anilines is 1. The number of amides is 1. The van der Waals surface area contributed by atoms with Crippen molar-refractivity contribution in [2.75, 3.05) is 5.32 Å². The van der Waals surface area contributed by atoms with Crippen LogP contribution in [-0.2, 0) is 9.59 Å². The van der Waals surface area contributed by atoms with E-state index < -0.39 is 21.9 Å². The molecule has 0 aliphatic heterocycles. The third-order valence-electron chi connectivity index (χ3n) is 1.45. The summed E-state index contributed by atoms with van der Waals surface area (Å²) in [6.07, 6.45) is 0. The van der Waals surface area contributed by atoms with Gasteiger partial charge in [-0.15, -0.1) is 0 Å². The van der Waals surface area contributed by atoms with E-state index in [2.05, 4.69) is 15.0 Å². The maximum atomic E-state index is 11.3. The number of hydrogen-bond donors (Lipinski definition) is 2. The van der Waals surface area contributed by atoms with Gasteiger partial charge in [-0.05, 0) is 6.92 Å². The van der Waals surface area contributed by atoms with E-state index in [9.17, 15) is 9.59 Å². The largest absolute Gasteiger partial charge is 0.477 e. The van der Waals surface area contributed by atoms with Gasteiger partial charge >= 0.3 is 5.97 Å². The lowest BCUT2D eigenvalue weighted by Crippen LogP contribution is -2.14. The fourth-order valence-corrected chi connectivity index (χ4v) is 1.00. The zero-order valence-corrected chi connectivity index (χ0v) is 9.46. The predicted molar refractivity (Wildman–Crippen MR) is 56.2 cm³/mol. The second-order valence-corrected chi connectivity index (χ2v) is 3.47. The number of carbonyl (C=O) groups excluding carboxylic acids is 1. The minimum Gasteiger partial charge on any atom is -0.477 e. The average Bonchev–Trinajstić information content (AvgIpc) is 2.61. The number of carbonyl (C=O) groups is 2. The first-order valence-corrected chi connectivity index (χ1v) is 4.70. The number of halogens is 2. The Morgan fingerprint density at radius 2 is 2.06 bits per heavy atom. The molecule has 1 aromatic heterocycles. The van der Waals surface area contributed by atoms with Crippen LogP contribution in [0.4, 0.5) is 5.82 Å². The van der Waals surface area contributed by atoms with Crippen LogP contribution in [0, 0.1) is 6.92 Å². The SMILES string of the molecule is Cc1cc(NC(=O)C(Cl)=C(Cl)C(=O)O)no1. The van der Waals surface area contributed by atoms with E-state index >= 15 is 0 Å². The van der Waals surface area contributed by atoms with Gasteiger partial charge in [0.1, 0.15) is 15.8 Å². The summed E-state index contributed by atoms with van der Waals surface area (Å²) in [6.45, 7) is 1.63. The molecule has 0 saturated carbocycles. The Labute approximate surface area is 99.8 Å². The molecule has 1 rings (SSSR count). The number of nitrogens with zero attached hydrogens (tertiary/aromatic N) is 1. The second-order valence-electron chi connectivity index (χ2n) is 2.71. The Balaban J connectivity index is 2.81. The molecule has 0 aliphatic rings. The van der Waals surface area contributed by atoms with Gasteiger partial charge in [-0.1, -0.05) is 28.4 Å². The number of nitrogens with one attached hydrogen (secondary N) is 1. The summed E-state index contributed by atoms with van der Waals surface area (Å²) in [5, 5.41) is 12.8. The zero-order valence-electron chi connectivity index (χ0n) is 7.95. The fourth-order valence-electron chi connectivity index (χ4n) is 0.790. The first kappa shape index (κ1) is 12.5. The molecule has 0 spiro atoms. The van der Waals surface area contributed by atoms with Gasteiger partial charge in [-0.2, -0.15) is 0 Å². The topological polar surface area (TPSA) is 92.4 Å². The van der Waals surface area contributed by atoms with Crippen molar-refractivity contribution in [3.8, 4) is 0 Å². The molecule has 0 unspecified atom stereocenters. The smallest absolute Gasteiger partial charge is 0.349 e. The Bertz CT molecular complexity index is 466. The summed E-state index contributed by atoms with van der Waals surface area (Å²) in [6, 6.07) is 1.44. The zero-order chi connectivity index (χ0) is 12.3. The first-order chi connectivity index (χ1) is 7.41. The summed E-state index contributed by atoms with van der Waals surface area (Å²) < 4.78 is 4.68. The lowest BCUT2D eigenvalue weighted by atomic mass is 10.4. The third-order valence-corrected chi connectivity index (χ3v) is 2.26. The summed E-state index contributed by atoms with van der Waals surface area (Å²) in [5.41, 5.74) is 0. The number of carboxylic acid groups (broad SMARTS) is 1. The first-order valence-electron chi connectivity index (χ1n) is 3.95. The van der Waals surface area contributed by atoms with E-state index in [1.807, 2.05) is 0 Å². The van der Waals surface area contributed by atoms with Crippen LogP contribution in [0.1, 0.15) is 5.76 Å². The minimum absolute atomic E-state index is 0.121. The molecule has 0 aliphatic carbocycles. The van der Waals surface area contributed by atoms with Gasteiger partial charge in [0.05, 0.1) is 0 Å². The molecule has 0 bridgehead atoms. The number of aliphatic carboxylic acids is 1. The molecule has 0 fully saturated rings. The normalized spacial score (nSPS) is 11.9. The van der Waals surface area contributed by atoms with Gasteiger partial charge in [-0.25, -0.2) is 4.79 Å². The van der Waals surface area contributed by atoms with Crippen molar-refractivity contribution in [1.82, 2.24) is 5.16 Å². The molecular weight excluding hydrogens is 259 g/mol. The molecule has 0 atom stereocenters. The summed E-state index contributed by atoms with van der Waals surface area (Å²) >= 11 is 10.7. The fraction of sp³-hybridized carbons (Fsp3) is 0.125. The van der Waals surface area contributed by atoms with Crippen LogP contribution in [-0.4, -0.2) is 22.1 Å². The molecule has 1 heterocycles. The van der Waals surface area contributed by atoms with Crippen LogP contribution in [0.5, 0.6) is 0 Å². The van der Waals surface area contributed by atoms with Gasteiger partial charge in [-0.3, -0.25) is 4.79 Å². The molecule has 1 aromatic rings. The van der Waals surface area contributed by atoms with E-state index in [1.54, 1.807) is 6.92 Å². The standard InChI is InChI=1S/C8H6Cl2N2O4/c1-3-2-4(12-16-3)11-7(13)5(9)6(10)8(14)15/h2H,1H3,(H,14,15)(H,11,12,13). The number of rotatable bonds is 3. The quantitative estimate of drug-likeness (QED) is 0.811. The highest BCUT2D eigenvalue weighted by molar-refractivity contribution is 6.54. The number of aryl methyl sites for hydroxylation is 1. The van der Waals surface area contributed by atoms with Gasteiger partial charge in [0.25, 0.3) is 5.91 Å². The van der Waals surface area contributed by atoms with Crippen LogP contribution in [0.25, 0.3) is 0 Å². The van der Waals surface area contributed by atoms with Gasteiger partial charge in [0.2, 0.25) is 0 Å². The van der Waals surface area contributed by atoms with Crippen LogP contribution in [0.2, 0.25) is 0 Å². The van der Waals surface area contributed by atoms with Crippen LogP contribution in [0.15, 0.2) is 20.7 Å². The van der Waals surface area contributed by atoms with Crippen molar-refractivity contribution in [3.05, 3.63) is 21.9 Å². The van der Waals surface area contributed by atoms with E-state index in [1.165, 1.54) is 6.07 Å². The predicted octanol–water partition coefficient (Wildman–Crippen LogP) is 1.70. The van der Waals surface area contributed by atoms with Gasteiger partial charge < -0.3 is 14.9 Å². The van der Waals surface area contributed by atoms with Crippen molar-refractivity contribution in [2.24, 2.45) is 0 Å². The molecular formula is C8H6Cl2N2O4. The Hall–Kier alpha value is -1.53. The molecule has 86 valence electrons. The highest BCUT2D eigenvalue weighted by Gasteiger charge is 2.18. The van der Waals surface area contributed by atoms with E-state index in [0.717, 1.165) is 0 Å². The summed E-state index contributed by atoms with van der Waals surface area (Å²) in [7, 11) is 0. The molecule has 16 heavy (non-hydrogen) atoms. The van der Waals surface area contributed by atoms with Crippen molar-refractivity contribution in [2.45, 2.75) is 6.92 Å². The second kappa shape index (κ2) is 5.00.